The number of nitrogens with one attached hydrogen (secondary N) is 1. The van der Waals surface area contributed by atoms with Crippen LogP contribution in [0.4, 0.5) is 20.3 Å². The Morgan fingerprint density at radius 2 is 1.73 bits per heavy atom. The van der Waals surface area contributed by atoms with Gasteiger partial charge in [0, 0.05) is 28.8 Å². The molecule has 3 heterocycles. The third-order valence-corrected chi connectivity index (χ3v) is 7.73. The molecule has 0 radical (unpaired) electrons. The Morgan fingerprint density at radius 1 is 0.925 bits per heavy atom. The van der Waals surface area contributed by atoms with Crippen molar-refractivity contribution in [2.75, 3.05) is 24.4 Å². The molecule has 0 fully saturated rings. The van der Waals surface area contributed by atoms with E-state index in [1.165, 1.54) is 19.4 Å². The average molecular weight is 563 g/mol. The Labute approximate surface area is 227 Å². The minimum absolute atomic E-state index is 0.0275. The Morgan fingerprint density at radius 3 is 2.52 bits per heavy atom. The molecule has 5 aromatic rings. The summed E-state index contributed by atoms with van der Waals surface area (Å²) in [5.74, 6) is -0.545. The summed E-state index contributed by atoms with van der Waals surface area (Å²) < 4.78 is 71.7. The summed E-state index contributed by atoms with van der Waals surface area (Å²) in [6.45, 7) is 0.153. The number of methoxy groups -OCH3 is 1. The van der Waals surface area contributed by atoms with E-state index in [4.69, 9.17) is 19.9 Å². The van der Waals surface area contributed by atoms with Crippen LogP contribution in [0.3, 0.4) is 0 Å². The Bertz CT molecular complexity index is 1920. The fourth-order valence-electron chi connectivity index (χ4n) is 4.40. The SMILES string of the molecule is COc1ncc(-c2ccc3nc(N)c(-c4ccc5c(c4)OCO5)cc3c2)cc1NS(=O)(=O)c1ccc(F)cc1F. The number of nitrogen functional groups attached to an aromatic ring is 1. The highest BCUT2D eigenvalue weighted by Gasteiger charge is 2.22. The Hall–Kier alpha value is -4.97. The number of pyridine rings is 2. The van der Waals surface area contributed by atoms with Crippen LogP contribution in [0.1, 0.15) is 0 Å². The van der Waals surface area contributed by atoms with Gasteiger partial charge in [-0.2, -0.15) is 0 Å². The quantitative estimate of drug-likeness (QED) is 0.283. The van der Waals surface area contributed by atoms with Crippen LogP contribution in [0.15, 0.2) is 77.8 Å². The summed E-state index contributed by atoms with van der Waals surface area (Å²) in [5, 5.41) is 0.769. The minimum atomic E-state index is -4.43. The summed E-state index contributed by atoms with van der Waals surface area (Å²) in [7, 11) is -3.11. The van der Waals surface area contributed by atoms with Crippen LogP contribution >= 0.6 is 0 Å². The number of rotatable bonds is 6. The maximum absolute atomic E-state index is 14.2. The van der Waals surface area contributed by atoms with Gasteiger partial charge >= 0.3 is 0 Å². The van der Waals surface area contributed by atoms with Crippen LogP contribution in [0.2, 0.25) is 0 Å². The van der Waals surface area contributed by atoms with E-state index in [0.717, 1.165) is 23.1 Å². The molecule has 202 valence electrons. The lowest BCUT2D eigenvalue weighted by molar-refractivity contribution is 0.174. The second kappa shape index (κ2) is 9.65. The third-order valence-electron chi connectivity index (χ3n) is 6.33. The second-order valence-electron chi connectivity index (χ2n) is 8.86. The average Bonchev–Trinajstić information content (AvgIpc) is 3.40. The van der Waals surface area contributed by atoms with Crippen molar-refractivity contribution in [1.82, 2.24) is 9.97 Å². The molecule has 40 heavy (non-hydrogen) atoms. The number of anilines is 2. The van der Waals surface area contributed by atoms with E-state index in [-0.39, 0.29) is 18.4 Å². The molecule has 0 saturated heterocycles. The van der Waals surface area contributed by atoms with Gasteiger partial charge in [0.05, 0.1) is 12.6 Å². The lowest BCUT2D eigenvalue weighted by atomic mass is 10.0. The first-order chi connectivity index (χ1) is 19.2. The van der Waals surface area contributed by atoms with E-state index in [9.17, 15) is 17.2 Å². The van der Waals surface area contributed by atoms with Crippen molar-refractivity contribution in [3.05, 3.63) is 84.6 Å². The van der Waals surface area contributed by atoms with E-state index in [1.807, 2.05) is 24.3 Å². The lowest BCUT2D eigenvalue weighted by Crippen LogP contribution is -2.15. The monoisotopic (exact) mass is 562 g/mol. The van der Waals surface area contributed by atoms with Gasteiger partial charge in [-0.1, -0.05) is 12.1 Å². The molecular formula is C28H20F2N4O5S. The molecule has 9 nitrogen and oxygen atoms in total. The number of hydrogen-bond donors (Lipinski definition) is 2. The zero-order chi connectivity index (χ0) is 28.0. The number of ether oxygens (including phenoxy) is 3. The fourth-order valence-corrected chi connectivity index (χ4v) is 5.51. The number of nitrogens with two attached hydrogens (primary N) is 1. The van der Waals surface area contributed by atoms with Crippen LogP contribution in [0.5, 0.6) is 17.4 Å². The molecule has 0 aliphatic carbocycles. The predicted molar refractivity (Wildman–Crippen MR) is 145 cm³/mol. The van der Waals surface area contributed by atoms with Crippen LogP contribution in [-0.2, 0) is 10.0 Å². The molecule has 0 spiro atoms. The van der Waals surface area contributed by atoms with E-state index < -0.39 is 26.6 Å². The maximum atomic E-state index is 14.2. The zero-order valence-corrected chi connectivity index (χ0v) is 21.6. The number of fused-ring (bicyclic) bond motifs is 2. The number of nitrogens with zero attached hydrogens (tertiary/aromatic N) is 2. The first kappa shape index (κ1) is 25.3. The van der Waals surface area contributed by atoms with Crippen molar-refractivity contribution in [1.29, 1.82) is 0 Å². The van der Waals surface area contributed by atoms with Gasteiger partial charge in [-0.05, 0) is 59.7 Å². The standard InChI is InChI=1S/C28H20F2N4O5S/c1-37-28-23(34-40(35,36)26-7-4-19(29)12-21(26)30)10-18(13-32-28)15-2-5-22-17(8-15)9-20(27(31)33-22)16-3-6-24-25(11-16)39-14-38-24/h2-13,34H,14H2,1H3,(H2,31,33). The summed E-state index contributed by atoms with van der Waals surface area (Å²) in [5.41, 5.74) is 9.64. The van der Waals surface area contributed by atoms with Gasteiger partial charge in [0.2, 0.25) is 12.7 Å². The molecule has 3 N–H and O–H groups in total. The smallest absolute Gasteiger partial charge is 0.264 e. The largest absolute Gasteiger partial charge is 0.480 e. The Balaban J connectivity index is 1.38. The first-order valence-corrected chi connectivity index (χ1v) is 13.3. The number of aromatic nitrogens is 2. The molecule has 0 atom stereocenters. The number of sulfonamides is 1. The summed E-state index contributed by atoms with van der Waals surface area (Å²) >= 11 is 0. The molecule has 0 unspecified atom stereocenters. The van der Waals surface area contributed by atoms with Gasteiger partial charge in [-0.25, -0.2) is 27.2 Å². The van der Waals surface area contributed by atoms with Gasteiger partial charge in [0.15, 0.2) is 11.5 Å². The lowest BCUT2D eigenvalue weighted by Gasteiger charge is -2.14. The van der Waals surface area contributed by atoms with E-state index in [2.05, 4.69) is 14.7 Å². The predicted octanol–water partition coefficient (Wildman–Crippen LogP) is 5.36. The van der Waals surface area contributed by atoms with E-state index in [0.29, 0.717) is 45.6 Å². The van der Waals surface area contributed by atoms with Gasteiger partial charge < -0.3 is 19.9 Å². The van der Waals surface area contributed by atoms with Crippen molar-refractivity contribution in [2.45, 2.75) is 4.90 Å². The van der Waals surface area contributed by atoms with Gasteiger partial charge in [0.1, 0.15) is 28.0 Å². The maximum Gasteiger partial charge on any atom is 0.264 e. The van der Waals surface area contributed by atoms with E-state index >= 15 is 0 Å². The summed E-state index contributed by atoms with van der Waals surface area (Å²) in [4.78, 5) is 8.04. The molecule has 0 bridgehead atoms. The highest BCUT2D eigenvalue weighted by atomic mass is 32.2. The molecule has 2 aromatic heterocycles. The minimum Gasteiger partial charge on any atom is -0.480 e. The Kier molecular flexibility index (Phi) is 6.11. The van der Waals surface area contributed by atoms with Crippen molar-refractivity contribution in [3.8, 4) is 39.6 Å². The number of halogens is 2. The molecule has 1 aliphatic rings. The molecular weight excluding hydrogens is 542 g/mol. The van der Waals surface area contributed by atoms with Crippen molar-refractivity contribution < 1.29 is 31.4 Å². The van der Waals surface area contributed by atoms with Crippen LogP contribution < -0.4 is 24.7 Å². The second-order valence-corrected chi connectivity index (χ2v) is 10.5. The van der Waals surface area contributed by atoms with Crippen molar-refractivity contribution >= 4 is 32.4 Å². The molecule has 3 aromatic carbocycles. The normalized spacial score (nSPS) is 12.5. The van der Waals surface area contributed by atoms with E-state index in [1.54, 1.807) is 18.2 Å². The molecule has 6 rings (SSSR count). The molecule has 0 amide bonds. The van der Waals surface area contributed by atoms with Crippen LogP contribution in [0.25, 0.3) is 33.2 Å². The highest BCUT2D eigenvalue weighted by Crippen LogP contribution is 2.39. The fraction of sp³-hybridized carbons (Fsp3) is 0.0714. The topological polar surface area (TPSA) is 126 Å². The van der Waals surface area contributed by atoms with Gasteiger partial charge in [-0.15, -0.1) is 0 Å². The van der Waals surface area contributed by atoms with Crippen LogP contribution in [0, 0.1) is 11.6 Å². The third kappa shape index (κ3) is 4.58. The van der Waals surface area contributed by atoms with Gasteiger partial charge in [0.25, 0.3) is 10.0 Å². The molecule has 0 saturated carbocycles. The summed E-state index contributed by atoms with van der Waals surface area (Å²) in [6.07, 6.45) is 1.51. The molecule has 12 heteroatoms. The van der Waals surface area contributed by atoms with Crippen molar-refractivity contribution in [2.24, 2.45) is 0 Å². The highest BCUT2D eigenvalue weighted by molar-refractivity contribution is 7.92. The van der Waals surface area contributed by atoms with Gasteiger partial charge in [-0.3, -0.25) is 4.72 Å². The number of hydrogen-bond acceptors (Lipinski definition) is 8. The molecule has 1 aliphatic heterocycles. The zero-order valence-electron chi connectivity index (χ0n) is 20.8. The first-order valence-electron chi connectivity index (χ1n) is 11.8. The summed E-state index contributed by atoms with van der Waals surface area (Å²) in [6, 6.07) is 16.5. The van der Waals surface area contributed by atoms with Crippen LogP contribution in [-0.4, -0.2) is 32.3 Å². The number of benzene rings is 3. The van der Waals surface area contributed by atoms with Crippen molar-refractivity contribution in [3.63, 3.8) is 0 Å².